The largest absolute Gasteiger partial charge is 0.306 e. The van der Waals surface area contributed by atoms with Gasteiger partial charge in [-0.05, 0) is 50.0 Å². The molecule has 1 aromatic carbocycles. The first-order valence-electron chi connectivity index (χ1n) is 7.28. The number of benzene rings is 1. The molecule has 1 saturated heterocycles. The summed E-state index contributed by atoms with van der Waals surface area (Å²) in [7, 11) is -1.38. The lowest BCUT2D eigenvalue weighted by Crippen LogP contribution is -2.48. The second-order valence-corrected chi connectivity index (χ2v) is 7.93. The van der Waals surface area contributed by atoms with Crippen molar-refractivity contribution in [2.75, 3.05) is 26.0 Å². The van der Waals surface area contributed by atoms with E-state index in [-0.39, 0.29) is 6.04 Å². The maximum absolute atomic E-state index is 12.4. The summed E-state index contributed by atoms with van der Waals surface area (Å²) in [6.45, 7) is 3.93. The van der Waals surface area contributed by atoms with Crippen molar-refractivity contribution < 1.29 is 8.42 Å². The first-order valence-corrected chi connectivity index (χ1v) is 9.30. The van der Waals surface area contributed by atoms with Crippen LogP contribution in [0.2, 0.25) is 0 Å². The zero-order chi connectivity index (χ0) is 15.5. The van der Waals surface area contributed by atoms with Crippen LogP contribution in [0.4, 0.5) is 0 Å². The van der Waals surface area contributed by atoms with Crippen molar-refractivity contribution in [2.24, 2.45) is 5.92 Å². The third-order valence-electron chi connectivity index (χ3n) is 4.03. The number of piperidine rings is 1. The lowest BCUT2D eigenvalue weighted by Gasteiger charge is -2.34. The van der Waals surface area contributed by atoms with E-state index in [1.807, 2.05) is 12.1 Å². The lowest BCUT2D eigenvalue weighted by molar-refractivity contribution is 0.188. The third kappa shape index (κ3) is 4.42. The summed E-state index contributed by atoms with van der Waals surface area (Å²) in [5, 5.41) is 0. The van der Waals surface area contributed by atoms with Gasteiger partial charge in [0.05, 0.1) is 4.90 Å². The highest BCUT2D eigenvalue weighted by atomic mass is 35.5. The first-order chi connectivity index (χ1) is 9.92. The number of halogens is 1. The predicted molar refractivity (Wildman–Crippen MR) is 86.3 cm³/mol. The second-order valence-electron chi connectivity index (χ2n) is 5.84. The van der Waals surface area contributed by atoms with E-state index in [1.54, 1.807) is 12.1 Å². The summed E-state index contributed by atoms with van der Waals surface area (Å²) in [6, 6.07) is 6.98. The molecular formula is C15H23ClN2O2S. The van der Waals surface area contributed by atoms with Gasteiger partial charge in [-0.1, -0.05) is 19.1 Å². The number of sulfonamides is 1. The highest BCUT2D eigenvalue weighted by molar-refractivity contribution is 7.89. The Bertz CT molecular complexity index is 560. The molecule has 0 bridgehead atoms. The monoisotopic (exact) mass is 330 g/mol. The van der Waals surface area contributed by atoms with E-state index >= 15 is 0 Å². The maximum Gasteiger partial charge on any atom is 0.240 e. The van der Waals surface area contributed by atoms with Crippen molar-refractivity contribution in [1.29, 1.82) is 0 Å². The van der Waals surface area contributed by atoms with Gasteiger partial charge in [0.1, 0.15) is 0 Å². The van der Waals surface area contributed by atoms with Crippen LogP contribution in [0.5, 0.6) is 0 Å². The molecule has 1 fully saturated rings. The number of likely N-dealkylation sites (tertiary alicyclic amines) is 1. The molecule has 0 radical (unpaired) electrons. The average molecular weight is 331 g/mol. The molecule has 1 aliphatic rings. The minimum atomic E-state index is -3.44. The Morgan fingerprint density at radius 3 is 2.57 bits per heavy atom. The maximum atomic E-state index is 12.4. The SMILES string of the molecule is CC1CN(C)CCC1NS(=O)(=O)c1ccc(CCCl)cc1. The van der Waals surface area contributed by atoms with E-state index in [2.05, 4.69) is 23.6 Å². The van der Waals surface area contributed by atoms with E-state index < -0.39 is 10.0 Å². The number of nitrogens with zero attached hydrogens (tertiary/aromatic N) is 1. The van der Waals surface area contributed by atoms with Crippen LogP contribution in [0.1, 0.15) is 18.9 Å². The topological polar surface area (TPSA) is 49.4 Å². The zero-order valence-electron chi connectivity index (χ0n) is 12.5. The number of alkyl halides is 1. The molecule has 0 aliphatic carbocycles. The van der Waals surface area contributed by atoms with Gasteiger partial charge in [0.2, 0.25) is 10.0 Å². The summed E-state index contributed by atoms with van der Waals surface area (Å²) >= 11 is 5.69. The highest BCUT2D eigenvalue weighted by Crippen LogP contribution is 2.19. The molecule has 0 amide bonds. The molecule has 2 unspecified atom stereocenters. The number of nitrogens with one attached hydrogen (secondary N) is 1. The number of hydrogen-bond donors (Lipinski definition) is 1. The molecule has 0 saturated carbocycles. The van der Waals surface area contributed by atoms with E-state index in [0.717, 1.165) is 31.5 Å². The molecule has 6 heteroatoms. The van der Waals surface area contributed by atoms with Crippen LogP contribution in [0.25, 0.3) is 0 Å². The Morgan fingerprint density at radius 2 is 2.00 bits per heavy atom. The van der Waals surface area contributed by atoms with E-state index in [4.69, 9.17) is 11.6 Å². The van der Waals surface area contributed by atoms with Crippen LogP contribution >= 0.6 is 11.6 Å². The van der Waals surface area contributed by atoms with Gasteiger partial charge in [0, 0.05) is 18.5 Å². The molecule has 21 heavy (non-hydrogen) atoms. The summed E-state index contributed by atoms with van der Waals surface area (Å²) in [4.78, 5) is 2.56. The van der Waals surface area contributed by atoms with Crippen LogP contribution < -0.4 is 4.72 Å². The van der Waals surface area contributed by atoms with Crippen molar-refractivity contribution in [2.45, 2.75) is 30.7 Å². The smallest absolute Gasteiger partial charge is 0.240 e. The van der Waals surface area contributed by atoms with Gasteiger partial charge in [0.25, 0.3) is 0 Å². The molecule has 4 nitrogen and oxygen atoms in total. The van der Waals surface area contributed by atoms with Crippen molar-refractivity contribution in [3.63, 3.8) is 0 Å². The van der Waals surface area contributed by atoms with E-state index in [9.17, 15) is 8.42 Å². The Labute approximate surface area is 132 Å². The number of rotatable bonds is 5. The Morgan fingerprint density at radius 1 is 1.33 bits per heavy atom. The molecule has 1 heterocycles. The number of hydrogen-bond acceptors (Lipinski definition) is 3. The van der Waals surface area contributed by atoms with E-state index in [0.29, 0.717) is 16.7 Å². The van der Waals surface area contributed by atoms with Crippen LogP contribution in [0, 0.1) is 5.92 Å². The van der Waals surface area contributed by atoms with Gasteiger partial charge in [-0.2, -0.15) is 0 Å². The second kappa shape index (κ2) is 7.09. The molecule has 0 aromatic heterocycles. The summed E-state index contributed by atoms with van der Waals surface area (Å²) in [5.41, 5.74) is 1.05. The van der Waals surface area contributed by atoms with Gasteiger partial charge in [-0.25, -0.2) is 13.1 Å². The van der Waals surface area contributed by atoms with Gasteiger partial charge in [0.15, 0.2) is 0 Å². The Hall–Kier alpha value is -0.620. The fourth-order valence-electron chi connectivity index (χ4n) is 2.74. The Balaban J connectivity index is 2.07. The fraction of sp³-hybridized carbons (Fsp3) is 0.600. The van der Waals surface area contributed by atoms with Gasteiger partial charge < -0.3 is 4.90 Å². The summed E-state index contributed by atoms with van der Waals surface area (Å²) in [6.07, 6.45) is 1.60. The van der Waals surface area contributed by atoms with Crippen molar-refractivity contribution in [1.82, 2.24) is 9.62 Å². The predicted octanol–water partition coefficient (Wildman–Crippen LogP) is 2.09. The minimum absolute atomic E-state index is 0.00807. The normalized spacial score (nSPS) is 24.1. The summed E-state index contributed by atoms with van der Waals surface area (Å²) < 4.78 is 27.7. The fourth-order valence-corrected chi connectivity index (χ4v) is 4.34. The van der Waals surface area contributed by atoms with Crippen LogP contribution in [-0.4, -0.2) is 45.4 Å². The standard InChI is InChI=1S/C15H23ClN2O2S/c1-12-11-18(2)10-8-15(12)17-21(19,20)14-5-3-13(4-6-14)7-9-16/h3-6,12,15,17H,7-11H2,1-2H3. The van der Waals surface area contributed by atoms with E-state index in [1.165, 1.54) is 0 Å². The van der Waals surface area contributed by atoms with Crippen molar-refractivity contribution in [3.05, 3.63) is 29.8 Å². The summed E-state index contributed by atoms with van der Waals surface area (Å²) in [5.74, 6) is 0.853. The van der Waals surface area contributed by atoms with Crippen LogP contribution in [0.15, 0.2) is 29.2 Å². The average Bonchev–Trinajstić information content (AvgIpc) is 2.43. The molecule has 1 aliphatic heterocycles. The van der Waals surface area contributed by atoms with Crippen molar-refractivity contribution in [3.8, 4) is 0 Å². The zero-order valence-corrected chi connectivity index (χ0v) is 14.1. The third-order valence-corrected chi connectivity index (χ3v) is 5.73. The van der Waals surface area contributed by atoms with Gasteiger partial charge >= 0.3 is 0 Å². The molecule has 0 spiro atoms. The lowest BCUT2D eigenvalue weighted by atomic mass is 9.95. The molecule has 1 aromatic rings. The molecule has 2 atom stereocenters. The van der Waals surface area contributed by atoms with Crippen LogP contribution in [0.3, 0.4) is 0 Å². The molecule has 2 rings (SSSR count). The molecular weight excluding hydrogens is 308 g/mol. The quantitative estimate of drug-likeness (QED) is 0.841. The van der Waals surface area contributed by atoms with Gasteiger partial charge in [-0.15, -0.1) is 11.6 Å². The molecule has 1 N–H and O–H groups in total. The first kappa shape index (κ1) is 16.7. The van der Waals surface area contributed by atoms with Crippen LogP contribution in [-0.2, 0) is 16.4 Å². The number of aryl methyl sites for hydroxylation is 1. The Kier molecular flexibility index (Phi) is 5.66. The molecule has 118 valence electrons. The van der Waals surface area contributed by atoms with Crippen molar-refractivity contribution >= 4 is 21.6 Å². The van der Waals surface area contributed by atoms with Gasteiger partial charge in [-0.3, -0.25) is 0 Å². The minimum Gasteiger partial charge on any atom is -0.306 e. The highest BCUT2D eigenvalue weighted by Gasteiger charge is 2.28.